The number of amides is 3. The van der Waals surface area contributed by atoms with Crippen molar-refractivity contribution in [3.05, 3.63) is 77.1 Å². The zero-order valence-corrected chi connectivity index (χ0v) is 17.7. The Kier molecular flexibility index (Phi) is 6.51. The fourth-order valence-electron chi connectivity index (χ4n) is 3.19. The molecule has 3 amide bonds. The van der Waals surface area contributed by atoms with Gasteiger partial charge in [0.2, 0.25) is 0 Å². The van der Waals surface area contributed by atoms with E-state index in [0.717, 1.165) is 22.6 Å². The summed E-state index contributed by atoms with van der Waals surface area (Å²) in [6.45, 7) is 8.06. The molecule has 1 heterocycles. The summed E-state index contributed by atoms with van der Waals surface area (Å²) >= 11 is 0. The van der Waals surface area contributed by atoms with Gasteiger partial charge < -0.3 is 16.0 Å². The molecule has 7 heteroatoms. The molecular weight excluding hydrogens is 378 g/mol. The van der Waals surface area contributed by atoms with Crippen molar-refractivity contribution in [1.82, 2.24) is 20.4 Å². The zero-order chi connectivity index (χ0) is 21.7. The Morgan fingerprint density at radius 2 is 1.77 bits per heavy atom. The maximum absolute atomic E-state index is 12.7. The molecule has 0 spiro atoms. The monoisotopic (exact) mass is 405 g/mol. The van der Waals surface area contributed by atoms with E-state index in [1.54, 1.807) is 24.3 Å². The van der Waals surface area contributed by atoms with Crippen LogP contribution in [0.15, 0.2) is 54.6 Å². The molecule has 30 heavy (non-hydrogen) atoms. The summed E-state index contributed by atoms with van der Waals surface area (Å²) in [5.41, 5.74) is 4.86. The number of hydrogen-bond donors (Lipinski definition) is 3. The van der Waals surface area contributed by atoms with Gasteiger partial charge in [0, 0.05) is 35.1 Å². The molecule has 0 saturated carbocycles. The minimum absolute atomic E-state index is 0.0276. The molecule has 0 aliphatic rings. The molecule has 0 unspecified atom stereocenters. The van der Waals surface area contributed by atoms with E-state index < -0.39 is 0 Å². The summed E-state index contributed by atoms with van der Waals surface area (Å²) in [5, 5.41) is 13.1. The third-order valence-corrected chi connectivity index (χ3v) is 4.67. The van der Waals surface area contributed by atoms with Crippen molar-refractivity contribution in [2.24, 2.45) is 0 Å². The van der Waals surface area contributed by atoms with Gasteiger partial charge in [-0.3, -0.25) is 4.79 Å². The van der Waals surface area contributed by atoms with Crippen molar-refractivity contribution < 1.29 is 9.59 Å². The maximum atomic E-state index is 12.7. The Labute approximate surface area is 176 Å². The lowest BCUT2D eigenvalue weighted by atomic mass is 10.1. The third-order valence-electron chi connectivity index (χ3n) is 4.67. The molecule has 0 aliphatic carbocycles. The molecule has 0 bridgehead atoms. The van der Waals surface area contributed by atoms with E-state index in [1.165, 1.54) is 0 Å². The highest BCUT2D eigenvalue weighted by Gasteiger charge is 2.14. The number of aryl methyl sites for hydroxylation is 1. The number of carbonyl (C=O) groups is 2. The van der Waals surface area contributed by atoms with Gasteiger partial charge in [0.1, 0.15) is 0 Å². The van der Waals surface area contributed by atoms with Crippen LogP contribution in [-0.2, 0) is 6.54 Å². The van der Waals surface area contributed by atoms with E-state index in [9.17, 15) is 9.59 Å². The predicted octanol–water partition coefficient (Wildman–Crippen LogP) is 3.95. The highest BCUT2D eigenvalue weighted by atomic mass is 16.2. The number of anilines is 1. The topological polar surface area (TPSA) is 88.1 Å². The second kappa shape index (κ2) is 9.26. The molecule has 0 saturated heterocycles. The number of carbonyl (C=O) groups excluding carboxylic acids is 2. The number of benzene rings is 2. The second-order valence-corrected chi connectivity index (χ2v) is 7.41. The normalized spacial score (nSPS) is 10.7. The minimum Gasteiger partial charge on any atom is -0.348 e. The van der Waals surface area contributed by atoms with Gasteiger partial charge in [-0.25, -0.2) is 9.48 Å². The first-order valence-corrected chi connectivity index (χ1v) is 9.91. The van der Waals surface area contributed by atoms with Crippen LogP contribution in [0.2, 0.25) is 0 Å². The van der Waals surface area contributed by atoms with Gasteiger partial charge in [0.05, 0.1) is 11.4 Å². The minimum atomic E-state index is -0.304. The number of aromatic nitrogens is 2. The third kappa shape index (κ3) is 5.05. The van der Waals surface area contributed by atoms with Crippen molar-refractivity contribution in [1.29, 1.82) is 0 Å². The number of hydrogen-bond acceptors (Lipinski definition) is 3. The Bertz CT molecular complexity index is 1040. The molecule has 0 radical (unpaired) electrons. The van der Waals surface area contributed by atoms with Crippen LogP contribution in [0.25, 0.3) is 5.69 Å². The zero-order valence-electron chi connectivity index (χ0n) is 17.7. The molecule has 0 atom stereocenters. The van der Waals surface area contributed by atoms with Crippen LogP contribution in [0.4, 0.5) is 10.5 Å². The Morgan fingerprint density at radius 3 is 2.47 bits per heavy atom. The first kappa shape index (κ1) is 21.1. The molecule has 0 fully saturated rings. The predicted molar refractivity (Wildman–Crippen MR) is 118 cm³/mol. The molecule has 156 valence electrons. The molecule has 1 aromatic heterocycles. The summed E-state index contributed by atoms with van der Waals surface area (Å²) in [7, 11) is 0. The Morgan fingerprint density at radius 1 is 1.03 bits per heavy atom. The van der Waals surface area contributed by atoms with Crippen LogP contribution in [0, 0.1) is 13.8 Å². The van der Waals surface area contributed by atoms with Crippen LogP contribution in [0.5, 0.6) is 0 Å². The SMILES string of the molecule is Cc1nn(-c2ccccc2)c(C)c1CNC(=O)c1cccc(NC(=O)NC(C)C)c1. The largest absolute Gasteiger partial charge is 0.348 e. The summed E-state index contributed by atoms with van der Waals surface area (Å²) in [5.74, 6) is -0.214. The number of urea groups is 1. The standard InChI is InChI=1S/C23H27N5O2/c1-15(2)25-23(30)26-19-10-8-9-18(13-19)22(29)24-14-21-16(3)27-28(17(21)4)20-11-6-5-7-12-20/h5-13,15H,14H2,1-4H3,(H,24,29)(H2,25,26,30). The van der Waals surface area contributed by atoms with Crippen LogP contribution in [0.3, 0.4) is 0 Å². The van der Waals surface area contributed by atoms with Crippen LogP contribution in [-0.4, -0.2) is 27.8 Å². The number of para-hydroxylation sites is 1. The highest BCUT2D eigenvalue weighted by molar-refractivity contribution is 5.96. The van der Waals surface area contributed by atoms with E-state index in [4.69, 9.17) is 0 Å². The highest BCUT2D eigenvalue weighted by Crippen LogP contribution is 2.18. The van der Waals surface area contributed by atoms with E-state index >= 15 is 0 Å². The van der Waals surface area contributed by atoms with Gasteiger partial charge in [-0.1, -0.05) is 24.3 Å². The molecule has 3 N–H and O–H groups in total. The van der Waals surface area contributed by atoms with Crippen molar-refractivity contribution in [3.8, 4) is 5.69 Å². The average Bonchev–Trinajstić information content (AvgIpc) is 3.00. The van der Waals surface area contributed by atoms with E-state index in [1.807, 2.05) is 62.7 Å². The van der Waals surface area contributed by atoms with Crippen LogP contribution >= 0.6 is 0 Å². The van der Waals surface area contributed by atoms with Crippen molar-refractivity contribution in [3.63, 3.8) is 0 Å². The van der Waals surface area contributed by atoms with Gasteiger partial charge in [-0.15, -0.1) is 0 Å². The van der Waals surface area contributed by atoms with Crippen molar-refractivity contribution in [2.45, 2.75) is 40.3 Å². The number of nitrogens with zero attached hydrogens (tertiary/aromatic N) is 2. The Hall–Kier alpha value is -3.61. The van der Waals surface area contributed by atoms with Crippen LogP contribution in [0.1, 0.15) is 41.2 Å². The fraction of sp³-hybridized carbons (Fsp3) is 0.261. The van der Waals surface area contributed by atoms with Gasteiger partial charge in [0.15, 0.2) is 0 Å². The lowest BCUT2D eigenvalue weighted by molar-refractivity contribution is 0.0951. The smallest absolute Gasteiger partial charge is 0.319 e. The van der Waals surface area contributed by atoms with Crippen molar-refractivity contribution in [2.75, 3.05) is 5.32 Å². The summed E-state index contributed by atoms with van der Waals surface area (Å²) in [4.78, 5) is 24.5. The molecule has 2 aromatic carbocycles. The van der Waals surface area contributed by atoms with E-state index in [2.05, 4.69) is 21.0 Å². The lowest BCUT2D eigenvalue weighted by Gasteiger charge is -2.11. The average molecular weight is 406 g/mol. The molecule has 3 aromatic rings. The van der Waals surface area contributed by atoms with E-state index in [-0.39, 0.29) is 18.0 Å². The maximum Gasteiger partial charge on any atom is 0.319 e. The number of rotatable bonds is 6. The summed E-state index contributed by atoms with van der Waals surface area (Å²) < 4.78 is 1.88. The molecule has 3 rings (SSSR count). The summed E-state index contributed by atoms with van der Waals surface area (Å²) in [6.07, 6.45) is 0. The molecule has 7 nitrogen and oxygen atoms in total. The van der Waals surface area contributed by atoms with E-state index in [0.29, 0.717) is 17.8 Å². The molecule has 0 aliphatic heterocycles. The quantitative estimate of drug-likeness (QED) is 0.580. The molecular formula is C23H27N5O2. The Balaban J connectivity index is 1.69. The van der Waals surface area contributed by atoms with Gasteiger partial charge in [-0.05, 0) is 58.0 Å². The first-order valence-electron chi connectivity index (χ1n) is 9.91. The van der Waals surface area contributed by atoms with Crippen LogP contribution < -0.4 is 16.0 Å². The first-order chi connectivity index (χ1) is 14.3. The lowest BCUT2D eigenvalue weighted by Crippen LogP contribution is -2.34. The fourth-order valence-corrected chi connectivity index (χ4v) is 3.19. The number of nitrogens with one attached hydrogen (secondary N) is 3. The summed E-state index contributed by atoms with van der Waals surface area (Å²) in [6, 6.07) is 16.5. The van der Waals surface area contributed by atoms with Gasteiger partial charge in [-0.2, -0.15) is 5.10 Å². The second-order valence-electron chi connectivity index (χ2n) is 7.41. The van der Waals surface area contributed by atoms with Crippen molar-refractivity contribution >= 4 is 17.6 Å². The van der Waals surface area contributed by atoms with Gasteiger partial charge >= 0.3 is 6.03 Å². The van der Waals surface area contributed by atoms with Gasteiger partial charge in [0.25, 0.3) is 5.91 Å².